The van der Waals surface area contributed by atoms with Crippen LogP contribution in [0.15, 0.2) is 58.1 Å². The summed E-state index contributed by atoms with van der Waals surface area (Å²) in [5.74, 6) is 0.745. The van der Waals surface area contributed by atoms with E-state index in [-0.39, 0.29) is 27.3 Å². The Bertz CT molecular complexity index is 1460. The van der Waals surface area contributed by atoms with Gasteiger partial charge in [0.2, 0.25) is 4.96 Å². The van der Waals surface area contributed by atoms with E-state index in [0.717, 1.165) is 33.6 Å². The van der Waals surface area contributed by atoms with Gasteiger partial charge < -0.3 is 4.74 Å². The second kappa shape index (κ2) is 9.06. The number of nitro benzene ring substituents is 1. The maximum absolute atomic E-state index is 12.8. The molecule has 9 nitrogen and oxygen atoms in total. The van der Waals surface area contributed by atoms with Crippen LogP contribution in [0.2, 0.25) is 0 Å². The summed E-state index contributed by atoms with van der Waals surface area (Å²) < 4.78 is 6.93. The van der Waals surface area contributed by atoms with E-state index in [4.69, 9.17) is 4.74 Å². The van der Waals surface area contributed by atoms with Crippen LogP contribution in [0.25, 0.3) is 11.0 Å². The van der Waals surface area contributed by atoms with Gasteiger partial charge in [0, 0.05) is 18.6 Å². The molecule has 0 spiro atoms. The van der Waals surface area contributed by atoms with Crippen molar-refractivity contribution < 1.29 is 9.66 Å². The monoisotopic (exact) mass is 450 g/mol. The lowest BCUT2D eigenvalue weighted by molar-refractivity contribution is -0.384. The topological polar surface area (TPSA) is 117 Å². The first-order valence-electron chi connectivity index (χ1n) is 9.85. The minimum absolute atomic E-state index is 0.0774. The molecule has 4 rings (SSSR count). The Kier molecular flexibility index (Phi) is 6.04. The molecule has 0 unspecified atom stereocenters. The Morgan fingerprint density at radius 2 is 1.97 bits per heavy atom. The van der Waals surface area contributed by atoms with Crippen LogP contribution >= 0.6 is 11.3 Å². The molecule has 0 atom stereocenters. The largest absolute Gasteiger partial charge is 0.494 e. The van der Waals surface area contributed by atoms with Gasteiger partial charge in [-0.3, -0.25) is 19.7 Å². The molecule has 2 aromatic heterocycles. The van der Waals surface area contributed by atoms with Crippen LogP contribution in [0.1, 0.15) is 30.2 Å². The summed E-state index contributed by atoms with van der Waals surface area (Å²) in [6.07, 6.45) is 2.66. The molecule has 0 radical (unpaired) electrons. The number of aromatic nitrogens is 3. The van der Waals surface area contributed by atoms with Crippen molar-refractivity contribution in [2.24, 2.45) is 0 Å². The van der Waals surface area contributed by atoms with E-state index in [1.54, 1.807) is 6.07 Å². The van der Waals surface area contributed by atoms with Gasteiger partial charge in [-0.15, -0.1) is 0 Å². The van der Waals surface area contributed by atoms with Crippen LogP contribution in [0.3, 0.4) is 0 Å². The summed E-state index contributed by atoms with van der Waals surface area (Å²) in [5, 5.41) is 15.2. The molecule has 0 N–H and O–H groups in total. The van der Waals surface area contributed by atoms with Crippen molar-refractivity contribution in [3.63, 3.8) is 0 Å². The Balaban J connectivity index is 1.67. The van der Waals surface area contributed by atoms with Crippen LogP contribution in [0.5, 0.6) is 5.75 Å². The molecule has 10 heteroatoms. The Labute approximate surface area is 185 Å². The summed E-state index contributed by atoms with van der Waals surface area (Å²) in [4.78, 5) is 39.9. The van der Waals surface area contributed by atoms with Gasteiger partial charge in [-0.25, -0.2) is 0 Å². The average Bonchev–Trinajstić information content (AvgIpc) is 3.08. The molecule has 0 aliphatic heterocycles. The highest BCUT2D eigenvalue weighted by Gasteiger charge is 2.12. The number of hydrogen-bond donors (Lipinski definition) is 0. The summed E-state index contributed by atoms with van der Waals surface area (Å²) in [6.45, 7) is 2.65. The molecule has 0 fully saturated rings. The van der Waals surface area contributed by atoms with Crippen LogP contribution < -0.4 is 20.4 Å². The molecule has 0 aliphatic carbocycles. The number of benzene rings is 2. The van der Waals surface area contributed by atoms with Gasteiger partial charge in [0.25, 0.3) is 16.8 Å². The second-order valence-electron chi connectivity index (χ2n) is 7.00. The molecule has 32 heavy (non-hydrogen) atoms. The van der Waals surface area contributed by atoms with Crippen molar-refractivity contribution in [1.82, 2.24) is 14.6 Å². The van der Waals surface area contributed by atoms with Gasteiger partial charge in [-0.05, 0) is 35.8 Å². The van der Waals surface area contributed by atoms with E-state index >= 15 is 0 Å². The third-order valence-electron chi connectivity index (χ3n) is 4.60. The SMILES string of the molecule is CCCOc1ccc(Cc2nn3c(=O)c(=Cc4cccc([N+](=O)[O-])c4)sc3nc2=O)cc1. The molecule has 4 aromatic rings. The number of thiazole rings is 1. The summed E-state index contributed by atoms with van der Waals surface area (Å²) in [6, 6.07) is 13.3. The average molecular weight is 450 g/mol. The number of non-ortho nitro benzene ring substituents is 1. The standard InChI is InChI=1S/C22H18N4O5S/c1-2-10-31-17-8-6-14(7-9-17)12-18-20(27)23-22-25(24-18)21(28)19(32-22)13-15-4-3-5-16(11-15)26(29)30/h3-9,11,13H,2,10,12H2,1H3. The number of ether oxygens (including phenoxy) is 1. The van der Waals surface area contributed by atoms with Gasteiger partial charge in [-0.2, -0.15) is 14.6 Å². The van der Waals surface area contributed by atoms with E-state index in [1.165, 1.54) is 24.3 Å². The minimum atomic E-state index is -0.503. The number of hydrogen-bond acceptors (Lipinski definition) is 8. The Morgan fingerprint density at radius 3 is 2.69 bits per heavy atom. The van der Waals surface area contributed by atoms with E-state index in [1.807, 2.05) is 31.2 Å². The lowest BCUT2D eigenvalue weighted by Crippen LogP contribution is -2.28. The zero-order valence-electron chi connectivity index (χ0n) is 17.1. The van der Waals surface area contributed by atoms with Crippen LogP contribution in [0.4, 0.5) is 5.69 Å². The lowest BCUT2D eigenvalue weighted by Gasteiger charge is -2.05. The summed E-state index contributed by atoms with van der Waals surface area (Å²) >= 11 is 1.01. The Hall–Kier alpha value is -3.92. The van der Waals surface area contributed by atoms with E-state index in [0.29, 0.717) is 12.2 Å². The van der Waals surface area contributed by atoms with Crippen LogP contribution in [-0.4, -0.2) is 26.1 Å². The van der Waals surface area contributed by atoms with Crippen molar-refractivity contribution >= 4 is 28.1 Å². The number of nitrogens with zero attached hydrogens (tertiary/aromatic N) is 4. The smallest absolute Gasteiger partial charge is 0.296 e. The minimum Gasteiger partial charge on any atom is -0.494 e. The molecule has 2 aromatic carbocycles. The van der Waals surface area contributed by atoms with Gasteiger partial charge in [-0.1, -0.05) is 42.5 Å². The molecule has 0 saturated carbocycles. The third kappa shape index (κ3) is 4.54. The van der Waals surface area contributed by atoms with E-state index in [2.05, 4.69) is 10.1 Å². The van der Waals surface area contributed by atoms with Crippen LogP contribution in [-0.2, 0) is 6.42 Å². The molecule has 0 amide bonds. The quantitative estimate of drug-likeness (QED) is 0.313. The fourth-order valence-corrected chi connectivity index (χ4v) is 3.95. The number of fused-ring (bicyclic) bond motifs is 1. The summed E-state index contributed by atoms with van der Waals surface area (Å²) in [7, 11) is 0. The van der Waals surface area contributed by atoms with Crippen molar-refractivity contribution in [2.45, 2.75) is 19.8 Å². The van der Waals surface area contributed by atoms with Gasteiger partial charge >= 0.3 is 0 Å². The fraction of sp³-hybridized carbons (Fsp3) is 0.182. The first-order chi connectivity index (χ1) is 15.4. The van der Waals surface area contributed by atoms with Gasteiger partial charge in [0.1, 0.15) is 11.4 Å². The van der Waals surface area contributed by atoms with Crippen molar-refractivity contribution in [2.75, 3.05) is 6.61 Å². The Morgan fingerprint density at radius 1 is 1.19 bits per heavy atom. The number of nitro groups is 1. The lowest BCUT2D eigenvalue weighted by atomic mass is 10.1. The van der Waals surface area contributed by atoms with Crippen LogP contribution in [0, 0.1) is 10.1 Å². The van der Waals surface area contributed by atoms with E-state index < -0.39 is 16.0 Å². The second-order valence-corrected chi connectivity index (χ2v) is 8.00. The molecule has 0 saturated heterocycles. The first-order valence-corrected chi connectivity index (χ1v) is 10.7. The predicted molar refractivity (Wildman–Crippen MR) is 120 cm³/mol. The van der Waals surface area contributed by atoms with Crippen molar-refractivity contribution in [1.29, 1.82) is 0 Å². The predicted octanol–water partition coefficient (Wildman–Crippen LogP) is 2.35. The maximum atomic E-state index is 12.8. The van der Waals surface area contributed by atoms with E-state index in [9.17, 15) is 19.7 Å². The summed E-state index contributed by atoms with van der Waals surface area (Å²) in [5.41, 5.74) is 0.476. The fourth-order valence-electron chi connectivity index (χ4n) is 3.05. The molecule has 0 aliphatic rings. The van der Waals surface area contributed by atoms with Gasteiger partial charge in [0.15, 0.2) is 0 Å². The van der Waals surface area contributed by atoms with Crippen molar-refractivity contribution in [3.05, 3.63) is 101 Å². The van der Waals surface area contributed by atoms with Crippen molar-refractivity contribution in [3.8, 4) is 5.75 Å². The molecular weight excluding hydrogens is 432 g/mol. The highest BCUT2D eigenvalue weighted by Crippen LogP contribution is 2.15. The zero-order chi connectivity index (χ0) is 22.7. The molecule has 0 bridgehead atoms. The zero-order valence-corrected chi connectivity index (χ0v) is 17.9. The third-order valence-corrected chi connectivity index (χ3v) is 5.56. The van der Waals surface area contributed by atoms with Gasteiger partial charge in [0.05, 0.1) is 16.1 Å². The molecular formula is C22H18N4O5S. The molecule has 2 heterocycles. The normalized spacial score (nSPS) is 11.7. The first kappa shape index (κ1) is 21.3. The molecule has 162 valence electrons. The maximum Gasteiger partial charge on any atom is 0.296 e. The highest BCUT2D eigenvalue weighted by molar-refractivity contribution is 7.15. The highest BCUT2D eigenvalue weighted by atomic mass is 32.1. The number of rotatable bonds is 7.